The molecule has 9 aromatic carbocycles. The summed E-state index contributed by atoms with van der Waals surface area (Å²) in [5.74, 6) is 0.725. The van der Waals surface area contributed by atoms with Gasteiger partial charge in [0, 0.05) is 48.0 Å². The lowest BCUT2D eigenvalue weighted by atomic mass is 9.66. The van der Waals surface area contributed by atoms with Crippen LogP contribution in [0.4, 0.5) is 0 Å². The second kappa shape index (κ2) is 13.7. The van der Waals surface area contributed by atoms with Crippen molar-refractivity contribution in [2.45, 2.75) is 15.2 Å². The van der Waals surface area contributed by atoms with Crippen LogP contribution in [0.15, 0.2) is 222 Å². The molecular weight excluding hydrogens is 771 g/mol. The lowest BCUT2D eigenvalue weighted by Gasteiger charge is -2.41. The summed E-state index contributed by atoms with van der Waals surface area (Å²) in [6.07, 6.45) is 0. The van der Waals surface area contributed by atoms with E-state index in [1.54, 1.807) is 0 Å². The Morgan fingerprint density at radius 1 is 0.306 bits per heavy atom. The SMILES string of the molecule is c1ccc(-c2nc(-c3ccc(-c4cccc5c4Sc4c(ccc6c(-c7ccccc7)nc7ccccc7c46)C54c5ccccc5-c5ccccc54)cc3)c3ccccc3n2)cc1. The van der Waals surface area contributed by atoms with E-state index in [1.807, 2.05) is 36.0 Å². The number of rotatable bonds is 4. The Hall–Kier alpha value is -7.66. The van der Waals surface area contributed by atoms with Crippen molar-refractivity contribution in [3.63, 3.8) is 0 Å². The number of aromatic nitrogens is 3. The van der Waals surface area contributed by atoms with Gasteiger partial charge in [-0.05, 0) is 56.6 Å². The molecule has 0 radical (unpaired) electrons. The smallest absolute Gasteiger partial charge is 0.160 e. The first-order chi connectivity index (χ1) is 30.8. The summed E-state index contributed by atoms with van der Waals surface area (Å²) in [4.78, 5) is 18.1. The van der Waals surface area contributed by atoms with Crippen LogP contribution < -0.4 is 0 Å². The quantitative estimate of drug-likeness (QED) is 0.166. The van der Waals surface area contributed by atoms with Gasteiger partial charge in [-0.1, -0.05) is 212 Å². The topological polar surface area (TPSA) is 38.7 Å². The first-order valence-electron chi connectivity index (χ1n) is 21.1. The third-order valence-electron chi connectivity index (χ3n) is 12.9. The fourth-order valence-electron chi connectivity index (χ4n) is 10.3. The zero-order valence-corrected chi connectivity index (χ0v) is 34.3. The van der Waals surface area contributed by atoms with Gasteiger partial charge in [-0.2, -0.15) is 0 Å². The molecule has 13 rings (SSSR count). The Morgan fingerprint density at radius 2 is 0.823 bits per heavy atom. The van der Waals surface area contributed by atoms with Crippen LogP contribution in [-0.2, 0) is 5.41 Å². The van der Waals surface area contributed by atoms with E-state index in [9.17, 15) is 0 Å². The number of hydrogen-bond donors (Lipinski definition) is 0. The summed E-state index contributed by atoms with van der Waals surface area (Å²) in [7, 11) is 0. The first kappa shape index (κ1) is 35.1. The van der Waals surface area contributed by atoms with Crippen LogP contribution in [0.25, 0.3) is 88.7 Å². The van der Waals surface area contributed by atoms with Gasteiger partial charge in [0.25, 0.3) is 0 Å². The van der Waals surface area contributed by atoms with Gasteiger partial charge in [0.05, 0.1) is 27.8 Å². The average Bonchev–Trinajstić information content (AvgIpc) is 3.64. The number of hydrogen-bond acceptors (Lipinski definition) is 4. The molecule has 0 atom stereocenters. The van der Waals surface area contributed by atoms with E-state index >= 15 is 0 Å². The Bertz CT molecular complexity index is 3550. The van der Waals surface area contributed by atoms with E-state index in [1.165, 1.54) is 59.5 Å². The number of fused-ring (bicyclic) bond motifs is 14. The maximum Gasteiger partial charge on any atom is 0.160 e. The van der Waals surface area contributed by atoms with Crippen molar-refractivity contribution < 1.29 is 0 Å². The van der Waals surface area contributed by atoms with E-state index in [2.05, 4.69) is 188 Å². The monoisotopic (exact) mass is 805 g/mol. The predicted octanol–water partition coefficient (Wildman–Crippen LogP) is 14.8. The molecule has 11 aromatic rings. The first-order valence-corrected chi connectivity index (χ1v) is 21.9. The Balaban J connectivity index is 1.07. The largest absolute Gasteiger partial charge is 0.247 e. The molecule has 0 unspecified atom stereocenters. The van der Waals surface area contributed by atoms with Gasteiger partial charge in [0.15, 0.2) is 5.82 Å². The van der Waals surface area contributed by atoms with E-state index in [0.717, 1.165) is 61.3 Å². The molecule has 1 aliphatic heterocycles. The van der Waals surface area contributed by atoms with E-state index in [4.69, 9.17) is 15.0 Å². The summed E-state index contributed by atoms with van der Waals surface area (Å²) in [5.41, 5.74) is 16.7. The Kier molecular flexibility index (Phi) is 7.75. The Labute approximate surface area is 363 Å². The van der Waals surface area contributed by atoms with Gasteiger partial charge < -0.3 is 0 Å². The molecule has 0 saturated carbocycles. The summed E-state index contributed by atoms with van der Waals surface area (Å²) in [6.45, 7) is 0. The zero-order chi connectivity index (χ0) is 40.8. The standard InChI is InChI=1S/C58H35N3S/c1-3-16-37(17-4-1)54-45-34-35-49-56(52(45)43-22-9-13-28-50(43)59-54)62-55-40(24-15-27-48(55)58(49)46-25-11-7-20-41(46)42-21-8-12-26-47(42)58)36-30-32-38(33-31-36)53-44-23-10-14-29-51(44)60-57(61-53)39-18-5-2-6-19-39/h1-35H. The summed E-state index contributed by atoms with van der Waals surface area (Å²) in [6, 6.07) is 76.7. The van der Waals surface area contributed by atoms with Gasteiger partial charge in [0.1, 0.15) is 0 Å². The molecule has 2 aliphatic rings. The number of pyridine rings is 1. The third kappa shape index (κ3) is 5.05. The van der Waals surface area contributed by atoms with E-state index < -0.39 is 5.41 Å². The summed E-state index contributed by atoms with van der Waals surface area (Å²) >= 11 is 1.92. The molecule has 1 spiro atoms. The maximum atomic E-state index is 5.35. The summed E-state index contributed by atoms with van der Waals surface area (Å²) in [5, 5.41) is 4.61. The number of benzene rings is 9. The minimum atomic E-state index is -0.543. The molecule has 0 fully saturated rings. The van der Waals surface area contributed by atoms with Gasteiger partial charge in [-0.25, -0.2) is 15.0 Å². The molecule has 288 valence electrons. The van der Waals surface area contributed by atoms with Crippen LogP contribution in [-0.4, -0.2) is 15.0 Å². The molecule has 62 heavy (non-hydrogen) atoms. The van der Waals surface area contributed by atoms with E-state index in [0.29, 0.717) is 0 Å². The molecule has 1 aliphatic carbocycles. The van der Waals surface area contributed by atoms with Gasteiger partial charge in [-0.15, -0.1) is 0 Å². The van der Waals surface area contributed by atoms with Crippen molar-refractivity contribution in [3.05, 3.63) is 235 Å². The summed E-state index contributed by atoms with van der Waals surface area (Å²) < 4.78 is 0. The number of nitrogens with zero attached hydrogens (tertiary/aromatic N) is 3. The molecule has 3 heterocycles. The molecule has 4 heteroatoms. The minimum Gasteiger partial charge on any atom is -0.247 e. The molecule has 0 bridgehead atoms. The molecule has 0 amide bonds. The van der Waals surface area contributed by atoms with Gasteiger partial charge in [0.2, 0.25) is 0 Å². The van der Waals surface area contributed by atoms with Crippen LogP contribution in [0.2, 0.25) is 0 Å². The predicted molar refractivity (Wildman–Crippen MR) is 256 cm³/mol. The second-order valence-corrected chi connectivity index (χ2v) is 17.2. The highest BCUT2D eigenvalue weighted by Crippen LogP contribution is 2.64. The number of para-hydroxylation sites is 2. The van der Waals surface area contributed by atoms with Crippen molar-refractivity contribution in [1.82, 2.24) is 15.0 Å². The van der Waals surface area contributed by atoms with Crippen LogP contribution in [0, 0.1) is 0 Å². The molecular formula is C58H35N3S. The molecule has 0 N–H and O–H groups in total. The third-order valence-corrected chi connectivity index (χ3v) is 14.2. The second-order valence-electron chi connectivity index (χ2n) is 16.2. The molecule has 0 saturated heterocycles. The highest BCUT2D eigenvalue weighted by atomic mass is 32.2. The lowest BCUT2D eigenvalue weighted by Crippen LogP contribution is -2.32. The maximum absolute atomic E-state index is 5.35. The Morgan fingerprint density at radius 3 is 1.55 bits per heavy atom. The molecule has 3 nitrogen and oxygen atoms in total. The lowest BCUT2D eigenvalue weighted by molar-refractivity contribution is 0.727. The highest BCUT2D eigenvalue weighted by Gasteiger charge is 2.51. The molecule has 2 aromatic heterocycles. The van der Waals surface area contributed by atoms with Crippen LogP contribution in [0.3, 0.4) is 0 Å². The van der Waals surface area contributed by atoms with Gasteiger partial charge >= 0.3 is 0 Å². The van der Waals surface area contributed by atoms with Crippen molar-refractivity contribution in [2.24, 2.45) is 0 Å². The van der Waals surface area contributed by atoms with Crippen LogP contribution >= 0.6 is 11.8 Å². The van der Waals surface area contributed by atoms with E-state index in [-0.39, 0.29) is 0 Å². The average molecular weight is 806 g/mol. The van der Waals surface area contributed by atoms with Crippen molar-refractivity contribution in [1.29, 1.82) is 0 Å². The zero-order valence-electron chi connectivity index (χ0n) is 33.5. The fourth-order valence-corrected chi connectivity index (χ4v) is 11.8. The van der Waals surface area contributed by atoms with Crippen LogP contribution in [0.5, 0.6) is 0 Å². The van der Waals surface area contributed by atoms with Crippen molar-refractivity contribution in [3.8, 4) is 56.2 Å². The fraction of sp³-hybridized carbons (Fsp3) is 0.0172. The highest BCUT2D eigenvalue weighted by molar-refractivity contribution is 8.00. The van der Waals surface area contributed by atoms with Crippen LogP contribution in [0.1, 0.15) is 22.3 Å². The van der Waals surface area contributed by atoms with Gasteiger partial charge in [-0.3, -0.25) is 0 Å². The van der Waals surface area contributed by atoms with Crippen molar-refractivity contribution in [2.75, 3.05) is 0 Å². The van der Waals surface area contributed by atoms with Crippen molar-refractivity contribution >= 4 is 44.3 Å². The normalized spacial score (nSPS) is 13.2. The minimum absolute atomic E-state index is 0.543.